The molecule has 0 unspecified atom stereocenters. The number of nitrogens with one attached hydrogen (secondary N) is 1. The first kappa shape index (κ1) is 21.2. The van der Waals surface area contributed by atoms with Gasteiger partial charge in [0, 0.05) is 23.2 Å². The maximum atomic E-state index is 13.3. The van der Waals surface area contributed by atoms with Crippen LogP contribution in [0.15, 0.2) is 75.5 Å². The Balaban J connectivity index is 1.46. The molecule has 0 saturated heterocycles. The van der Waals surface area contributed by atoms with Crippen molar-refractivity contribution >= 4 is 46.1 Å². The van der Waals surface area contributed by atoms with Crippen molar-refractivity contribution in [1.82, 2.24) is 24.9 Å². The molecule has 164 valence electrons. The lowest BCUT2D eigenvalue weighted by molar-refractivity contribution is 0.102. The van der Waals surface area contributed by atoms with Crippen LogP contribution in [0.2, 0.25) is 5.02 Å². The van der Waals surface area contributed by atoms with Crippen LogP contribution in [0, 0.1) is 6.92 Å². The summed E-state index contributed by atoms with van der Waals surface area (Å²) < 4.78 is 7.17. The van der Waals surface area contributed by atoms with Crippen LogP contribution in [0.5, 0.6) is 0 Å². The Hall–Kier alpha value is -3.69. The van der Waals surface area contributed by atoms with Crippen LogP contribution < -0.4 is 5.32 Å². The van der Waals surface area contributed by atoms with E-state index in [1.54, 1.807) is 36.0 Å². The second-order valence-corrected chi connectivity index (χ2v) is 8.71. The number of rotatable bonds is 5. The van der Waals surface area contributed by atoms with Gasteiger partial charge in [0.15, 0.2) is 5.16 Å². The smallest absolute Gasteiger partial charge is 0.259 e. The summed E-state index contributed by atoms with van der Waals surface area (Å²) in [6.45, 7) is 1.78. The van der Waals surface area contributed by atoms with Gasteiger partial charge in [0.2, 0.25) is 0 Å². The number of fused-ring (bicyclic) bond motifs is 1. The summed E-state index contributed by atoms with van der Waals surface area (Å²) >= 11 is 7.86. The van der Waals surface area contributed by atoms with Gasteiger partial charge in [-0.1, -0.05) is 47.1 Å². The minimum absolute atomic E-state index is 0.310. The van der Waals surface area contributed by atoms with E-state index in [1.807, 2.05) is 43.4 Å². The first-order chi connectivity index (χ1) is 16.0. The molecule has 1 amide bonds. The van der Waals surface area contributed by atoms with Crippen molar-refractivity contribution in [3.63, 3.8) is 0 Å². The third-order valence-electron chi connectivity index (χ3n) is 4.99. The largest absolute Gasteiger partial charge is 0.335 e. The van der Waals surface area contributed by atoms with E-state index >= 15 is 0 Å². The number of carbonyl (C=O) groups is 1. The van der Waals surface area contributed by atoms with Gasteiger partial charge in [-0.2, -0.15) is 0 Å². The minimum atomic E-state index is -0.310. The molecule has 10 heteroatoms. The summed E-state index contributed by atoms with van der Waals surface area (Å²) in [5, 5.41) is 16.6. The summed E-state index contributed by atoms with van der Waals surface area (Å²) in [4.78, 5) is 18.6. The molecule has 0 spiro atoms. The number of amides is 1. The van der Waals surface area contributed by atoms with Crippen molar-refractivity contribution in [2.24, 2.45) is 7.05 Å². The SMILES string of the molecule is Cc1noc2nc(-c3ccccc3)cc(C(=O)Nc3ccc(Sc4nncn4C)c(Cl)c3)c12. The van der Waals surface area contributed by atoms with Crippen molar-refractivity contribution in [3.05, 3.63) is 77.2 Å². The Bertz CT molecular complexity index is 1480. The van der Waals surface area contributed by atoms with Crippen LogP contribution >= 0.6 is 23.4 Å². The van der Waals surface area contributed by atoms with Gasteiger partial charge in [0.25, 0.3) is 11.6 Å². The summed E-state index contributed by atoms with van der Waals surface area (Å²) in [5.74, 6) is -0.310. The molecule has 0 aliphatic heterocycles. The molecule has 8 nitrogen and oxygen atoms in total. The van der Waals surface area contributed by atoms with E-state index in [-0.39, 0.29) is 5.91 Å². The third kappa shape index (κ3) is 4.20. The monoisotopic (exact) mass is 476 g/mol. The number of carbonyl (C=O) groups excluding carboxylic acids is 1. The van der Waals surface area contributed by atoms with Gasteiger partial charge in [-0.05, 0) is 43.0 Å². The zero-order chi connectivity index (χ0) is 22.9. The minimum Gasteiger partial charge on any atom is -0.335 e. The van der Waals surface area contributed by atoms with Crippen molar-refractivity contribution < 1.29 is 9.32 Å². The molecule has 5 rings (SSSR count). The highest BCUT2D eigenvalue weighted by Crippen LogP contribution is 2.34. The van der Waals surface area contributed by atoms with Gasteiger partial charge in [0.1, 0.15) is 6.33 Å². The van der Waals surface area contributed by atoms with Gasteiger partial charge in [0.05, 0.1) is 27.4 Å². The van der Waals surface area contributed by atoms with Crippen LogP contribution in [-0.4, -0.2) is 30.8 Å². The standard InChI is InChI=1S/C23H17ClN6O2S/c1-13-20-16(11-18(27-22(20)32-29-13)14-6-4-3-5-7-14)21(31)26-15-8-9-19(17(24)10-15)33-23-28-25-12-30(23)2/h3-12H,1-2H3,(H,26,31). The van der Waals surface area contributed by atoms with Gasteiger partial charge in [-0.15, -0.1) is 10.2 Å². The first-order valence-electron chi connectivity index (χ1n) is 9.95. The van der Waals surface area contributed by atoms with E-state index in [1.165, 1.54) is 11.8 Å². The molecule has 0 aliphatic rings. The highest BCUT2D eigenvalue weighted by molar-refractivity contribution is 7.99. The lowest BCUT2D eigenvalue weighted by Crippen LogP contribution is -2.13. The number of hydrogen-bond donors (Lipinski definition) is 1. The Morgan fingerprint density at radius 2 is 1.97 bits per heavy atom. The van der Waals surface area contributed by atoms with Crippen LogP contribution in [0.25, 0.3) is 22.4 Å². The van der Waals surface area contributed by atoms with Gasteiger partial charge < -0.3 is 14.4 Å². The summed E-state index contributed by atoms with van der Waals surface area (Å²) in [6.07, 6.45) is 1.62. The molecular formula is C23H17ClN6O2S. The summed E-state index contributed by atoms with van der Waals surface area (Å²) in [7, 11) is 1.86. The number of nitrogens with zero attached hydrogens (tertiary/aromatic N) is 5. The zero-order valence-corrected chi connectivity index (χ0v) is 19.2. The summed E-state index contributed by atoms with van der Waals surface area (Å²) in [5.41, 5.74) is 3.38. The predicted octanol–water partition coefficient (Wildman–Crippen LogP) is 5.38. The topological polar surface area (TPSA) is 98.7 Å². The Morgan fingerprint density at radius 3 is 2.70 bits per heavy atom. The summed E-state index contributed by atoms with van der Waals surface area (Å²) in [6, 6.07) is 16.7. The highest BCUT2D eigenvalue weighted by Gasteiger charge is 2.20. The molecule has 3 aromatic heterocycles. The number of pyridine rings is 1. The molecule has 0 fully saturated rings. The van der Waals surface area contributed by atoms with E-state index in [0.717, 1.165) is 10.5 Å². The number of anilines is 1. The fourth-order valence-corrected chi connectivity index (χ4v) is 4.42. The van der Waals surface area contributed by atoms with E-state index in [0.29, 0.717) is 43.9 Å². The lowest BCUT2D eigenvalue weighted by atomic mass is 10.0. The number of aryl methyl sites for hydroxylation is 2. The Morgan fingerprint density at radius 1 is 1.15 bits per heavy atom. The quantitative estimate of drug-likeness (QED) is 0.363. The van der Waals surface area contributed by atoms with Crippen LogP contribution in [0.1, 0.15) is 16.1 Å². The average molecular weight is 477 g/mol. The number of halogens is 1. The molecule has 33 heavy (non-hydrogen) atoms. The first-order valence-corrected chi connectivity index (χ1v) is 11.1. The second kappa shape index (κ2) is 8.68. The molecule has 0 aliphatic carbocycles. The average Bonchev–Trinajstić information content (AvgIpc) is 3.40. The van der Waals surface area contributed by atoms with E-state index in [2.05, 4.69) is 25.7 Å². The molecule has 0 radical (unpaired) electrons. The Kier molecular flexibility index (Phi) is 5.57. The highest BCUT2D eigenvalue weighted by atomic mass is 35.5. The number of hydrogen-bond acceptors (Lipinski definition) is 7. The maximum Gasteiger partial charge on any atom is 0.259 e. The fourth-order valence-electron chi connectivity index (χ4n) is 3.35. The Labute approximate surface area is 198 Å². The second-order valence-electron chi connectivity index (χ2n) is 7.30. The molecule has 2 aromatic carbocycles. The van der Waals surface area contributed by atoms with E-state index < -0.39 is 0 Å². The van der Waals surface area contributed by atoms with Crippen LogP contribution in [-0.2, 0) is 7.05 Å². The van der Waals surface area contributed by atoms with E-state index in [4.69, 9.17) is 16.1 Å². The lowest BCUT2D eigenvalue weighted by Gasteiger charge is -2.10. The van der Waals surface area contributed by atoms with Crippen LogP contribution in [0.3, 0.4) is 0 Å². The predicted molar refractivity (Wildman–Crippen MR) is 127 cm³/mol. The van der Waals surface area contributed by atoms with E-state index in [9.17, 15) is 4.79 Å². The molecule has 0 bridgehead atoms. The van der Waals surface area contributed by atoms with Crippen molar-refractivity contribution in [2.75, 3.05) is 5.32 Å². The van der Waals surface area contributed by atoms with Crippen molar-refractivity contribution in [1.29, 1.82) is 0 Å². The maximum absolute atomic E-state index is 13.3. The normalized spacial score (nSPS) is 11.1. The van der Waals surface area contributed by atoms with Crippen molar-refractivity contribution in [2.45, 2.75) is 17.0 Å². The van der Waals surface area contributed by atoms with Gasteiger partial charge in [-0.3, -0.25) is 4.79 Å². The molecule has 0 atom stereocenters. The number of aromatic nitrogens is 5. The molecular weight excluding hydrogens is 460 g/mol. The number of benzene rings is 2. The third-order valence-corrected chi connectivity index (χ3v) is 6.55. The zero-order valence-electron chi connectivity index (χ0n) is 17.6. The van der Waals surface area contributed by atoms with Crippen molar-refractivity contribution in [3.8, 4) is 11.3 Å². The van der Waals surface area contributed by atoms with Crippen LogP contribution in [0.4, 0.5) is 5.69 Å². The van der Waals surface area contributed by atoms with Gasteiger partial charge >= 0.3 is 0 Å². The molecule has 5 aromatic rings. The molecule has 0 saturated carbocycles. The molecule has 3 heterocycles. The fraction of sp³-hybridized carbons (Fsp3) is 0.0870. The van der Waals surface area contributed by atoms with Gasteiger partial charge in [-0.25, -0.2) is 4.98 Å². The molecule has 1 N–H and O–H groups in total.